The maximum atomic E-state index is 12.6. The van der Waals surface area contributed by atoms with Crippen LogP contribution in [-0.2, 0) is 0 Å². The summed E-state index contributed by atoms with van der Waals surface area (Å²) in [4.78, 5) is 19.6. The van der Waals surface area contributed by atoms with E-state index in [-0.39, 0.29) is 24.8 Å². The maximum Gasteiger partial charge on any atom is 0.389 e. The lowest BCUT2D eigenvalue weighted by Crippen LogP contribution is -2.35. The summed E-state index contributed by atoms with van der Waals surface area (Å²) in [6.07, 6.45) is -1.75. The average Bonchev–Trinajstić information content (AvgIpc) is 2.94. The second kappa shape index (κ2) is 5.22. The quantitative estimate of drug-likeness (QED) is 0.747. The van der Waals surface area contributed by atoms with E-state index in [9.17, 15) is 18.0 Å². The number of benzene rings is 1. The summed E-state index contributed by atoms with van der Waals surface area (Å²) in [5, 5.41) is 5.26. The minimum Gasteiger partial charge on any atom is -0.357 e. The Balaban J connectivity index is 1.86. The molecular formula is C17H14F3N3O. The van der Waals surface area contributed by atoms with Gasteiger partial charge in [-0.25, -0.2) is 0 Å². The maximum absolute atomic E-state index is 12.6. The van der Waals surface area contributed by atoms with Gasteiger partial charge in [-0.05, 0) is 12.5 Å². The molecule has 1 atom stereocenters. The summed E-state index contributed by atoms with van der Waals surface area (Å²) in [6, 6.07) is 5.52. The number of aromatic nitrogens is 2. The van der Waals surface area contributed by atoms with E-state index in [1.807, 2.05) is 18.2 Å². The van der Waals surface area contributed by atoms with E-state index in [0.29, 0.717) is 11.3 Å². The number of fused-ring (bicyclic) bond motifs is 5. The predicted octanol–water partition coefficient (Wildman–Crippen LogP) is 3.89. The zero-order valence-electron chi connectivity index (χ0n) is 12.6. The Morgan fingerprint density at radius 2 is 2.04 bits per heavy atom. The third-order valence-electron chi connectivity index (χ3n) is 4.54. The Morgan fingerprint density at radius 1 is 1.21 bits per heavy atom. The van der Waals surface area contributed by atoms with Gasteiger partial charge >= 0.3 is 6.18 Å². The van der Waals surface area contributed by atoms with Crippen LogP contribution in [0.2, 0.25) is 0 Å². The van der Waals surface area contributed by atoms with E-state index in [4.69, 9.17) is 0 Å². The largest absolute Gasteiger partial charge is 0.389 e. The first-order chi connectivity index (χ1) is 11.4. The van der Waals surface area contributed by atoms with Crippen LogP contribution in [0.15, 0.2) is 30.6 Å². The van der Waals surface area contributed by atoms with Gasteiger partial charge in [0.15, 0.2) is 0 Å². The molecule has 1 amide bonds. The minimum atomic E-state index is -4.20. The van der Waals surface area contributed by atoms with Gasteiger partial charge in [0.1, 0.15) is 0 Å². The molecule has 0 saturated carbocycles. The second-order valence-corrected chi connectivity index (χ2v) is 6.06. The molecule has 24 heavy (non-hydrogen) atoms. The summed E-state index contributed by atoms with van der Waals surface area (Å²) in [6.45, 7) is 0.216. The van der Waals surface area contributed by atoms with Gasteiger partial charge in [0.05, 0.1) is 11.1 Å². The molecule has 0 radical (unpaired) electrons. The molecule has 7 heteroatoms. The van der Waals surface area contributed by atoms with Gasteiger partial charge in [-0.1, -0.05) is 12.1 Å². The van der Waals surface area contributed by atoms with Gasteiger partial charge in [0.25, 0.3) is 5.91 Å². The van der Waals surface area contributed by atoms with Crippen molar-refractivity contribution in [2.45, 2.75) is 24.9 Å². The number of pyridine rings is 1. The van der Waals surface area contributed by atoms with Gasteiger partial charge < -0.3 is 10.3 Å². The van der Waals surface area contributed by atoms with Crippen LogP contribution in [-0.4, -0.2) is 28.6 Å². The third kappa shape index (κ3) is 2.40. The standard InChI is InChI=1S/C17H14F3N3O/c18-17(19,20)5-3-10-8-22-16(24)13-12-2-1-9-7-21-6-4-11(9)15(12)23-14(10)13/h1-2,4,6-7,10,23H,3,5,8H2,(H,22,24). The van der Waals surface area contributed by atoms with E-state index in [1.165, 1.54) is 0 Å². The number of aromatic amines is 1. The lowest BCUT2D eigenvalue weighted by molar-refractivity contribution is -0.136. The predicted molar refractivity (Wildman–Crippen MR) is 84.0 cm³/mol. The van der Waals surface area contributed by atoms with Crippen LogP contribution >= 0.6 is 0 Å². The van der Waals surface area contributed by atoms with Crippen LogP contribution in [0.4, 0.5) is 13.2 Å². The van der Waals surface area contributed by atoms with Crippen LogP contribution < -0.4 is 5.32 Å². The highest BCUT2D eigenvalue weighted by Crippen LogP contribution is 2.37. The van der Waals surface area contributed by atoms with Crippen LogP contribution in [0, 0.1) is 0 Å². The number of halogens is 3. The summed E-state index contributed by atoms with van der Waals surface area (Å²) in [5.41, 5.74) is 1.83. The number of alkyl halides is 3. The number of amides is 1. The van der Waals surface area contributed by atoms with Crippen molar-refractivity contribution >= 4 is 27.6 Å². The van der Waals surface area contributed by atoms with E-state index < -0.39 is 12.6 Å². The number of H-pyrrole nitrogens is 1. The van der Waals surface area contributed by atoms with Gasteiger partial charge in [0, 0.05) is 53.1 Å². The average molecular weight is 333 g/mol. The SMILES string of the molecule is O=C1NCC(CCC(F)(F)F)c2[nH]c3c(ccc4cnccc43)c21. The van der Waals surface area contributed by atoms with Crippen molar-refractivity contribution in [3.8, 4) is 0 Å². The number of nitrogens with zero attached hydrogens (tertiary/aromatic N) is 1. The van der Waals surface area contributed by atoms with Crippen molar-refractivity contribution in [1.29, 1.82) is 0 Å². The number of carbonyl (C=O) groups is 1. The van der Waals surface area contributed by atoms with Crippen LogP contribution in [0.1, 0.15) is 34.8 Å². The fourth-order valence-electron chi connectivity index (χ4n) is 3.40. The molecule has 0 bridgehead atoms. The second-order valence-electron chi connectivity index (χ2n) is 6.06. The fourth-order valence-corrected chi connectivity index (χ4v) is 3.40. The van der Waals surface area contributed by atoms with E-state index >= 15 is 0 Å². The molecule has 0 fully saturated rings. The van der Waals surface area contributed by atoms with Crippen molar-refractivity contribution in [2.75, 3.05) is 6.54 Å². The first-order valence-electron chi connectivity index (χ1n) is 7.67. The van der Waals surface area contributed by atoms with Crippen LogP contribution in [0.3, 0.4) is 0 Å². The lowest BCUT2D eigenvalue weighted by atomic mass is 9.91. The Hall–Kier alpha value is -2.57. The third-order valence-corrected chi connectivity index (χ3v) is 4.54. The topological polar surface area (TPSA) is 57.8 Å². The first-order valence-corrected chi connectivity index (χ1v) is 7.67. The number of hydrogen-bond acceptors (Lipinski definition) is 2. The Morgan fingerprint density at radius 3 is 2.83 bits per heavy atom. The smallest absolute Gasteiger partial charge is 0.357 e. The zero-order valence-corrected chi connectivity index (χ0v) is 12.6. The van der Waals surface area contributed by atoms with Gasteiger partial charge in [0.2, 0.25) is 0 Å². The molecule has 3 aromatic rings. The fraction of sp³-hybridized carbons (Fsp3) is 0.294. The number of hydrogen-bond donors (Lipinski definition) is 2. The van der Waals surface area contributed by atoms with Crippen molar-refractivity contribution < 1.29 is 18.0 Å². The monoisotopic (exact) mass is 333 g/mol. The molecule has 0 spiro atoms. The summed E-state index contributed by atoms with van der Waals surface area (Å²) >= 11 is 0. The Bertz CT molecular complexity index is 945. The van der Waals surface area contributed by atoms with E-state index in [2.05, 4.69) is 15.3 Å². The number of rotatable bonds is 2. The first kappa shape index (κ1) is 15.0. The molecule has 1 aromatic carbocycles. The lowest BCUT2D eigenvalue weighted by Gasteiger charge is -2.23. The van der Waals surface area contributed by atoms with E-state index in [0.717, 1.165) is 21.7 Å². The highest BCUT2D eigenvalue weighted by atomic mass is 19.4. The molecule has 2 aromatic heterocycles. The Kier molecular flexibility index (Phi) is 3.26. The van der Waals surface area contributed by atoms with Crippen molar-refractivity contribution in [2.24, 2.45) is 0 Å². The molecule has 2 N–H and O–H groups in total. The highest BCUT2D eigenvalue weighted by molar-refractivity contribution is 6.15. The molecule has 124 valence electrons. The number of carbonyl (C=O) groups excluding carboxylic acids is 1. The van der Waals surface area contributed by atoms with Gasteiger partial charge in [-0.2, -0.15) is 13.2 Å². The molecule has 0 saturated heterocycles. The molecule has 1 aliphatic heterocycles. The molecule has 0 aliphatic carbocycles. The normalized spacial score (nSPS) is 18.0. The summed E-state index contributed by atoms with van der Waals surface area (Å²) in [7, 11) is 0. The molecule has 1 unspecified atom stereocenters. The molecular weight excluding hydrogens is 319 g/mol. The van der Waals surface area contributed by atoms with Gasteiger partial charge in [-0.3, -0.25) is 9.78 Å². The van der Waals surface area contributed by atoms with Crippen LogP contribution in [0.5, 0.6) is 0 Å². The summed E-state index contributed by atoms with van der Waals surface area (Å²) in [5.74, 6) is -0.614. The van der Waals surface area contributed by atoms with Crippen molar-refractivity contribution in [1.82, 2.24) is 15.3 Å². The molecule has 4 nitrogen and oxygen atoms in total. The summed E-state index contributed by atoms with van der Waals surface area (Å²) < 4.78 is 37.7. The van der Waals surface area contributed by atoms with Crippen molar-refractivity contribution in [3.05, 3.63) is 41.9 Å². The highest BCUT2D eigenvalue weighted by Gasteiger charge is 2.34. The molecule has 3 heterocycles. The van der Waals surface area contributed by atoms with Gasteiger partial charge in [-0.15, -0.1) is 0 Å². The minimum absolute atomic E-state index is 0.0525. The number of nitrogens with one attached hydrogen (secondary N) is 2. The molecule has 1 aliphatic rings. The van der Waals surface area contributed by atoms with Crippen LogP contribution in [0.25, 0.3) is 21.7 Å². The zero-order chi connectivity index (χ0) is 16.9. The van der Waals surface area contributed by atoms with E-state index in [1.54, 1.807) is 12.4 Å². The van der Waals surface area contributed by atoms with Crippen molar-refractivity contribution in [3.63, 3.8) is 0 Å². The molecule has 4 rings (SSSR count). The Labute approximate surface area is 135 Å².